The van der Waals surface area contributed by atoms with Crippen molar-refractivity contribution in [1.29, 1.82) is 5.26 Å². The van der Waals surface area contributed by atoms with E-state index in [1.807, 2.05) is 0 Å². The molecule has 1 aromatic carbocycles. The number of nitrogens with zero attached hydrogens (tertiary/aromatic N) is 1. The van der Waals surface area contributed by atoms with Gasteiger partial charge in [-0.1, -0.05) is 0 Å². The molecule has 17 heavy (non-hydrogen) atoms. The number of ether oxygens (including phenoxy) is 1. The lowest BCUT2D eigenvalue weighted by atomic mass is 10.1. The average molecular weight is 351 g/mol. The Kier molecular flexibility index (Phi) is 4.81. The average Bonchev–Trinajstić information content (AvgIpc) is 2.29. The van der Waals surface area contributed by atoms with Gasteiger partial charge in [0.05, 0.1) is 23.8 Å². The van der Waals surface area contributed by atoms with Crippen LogP contribution in [0.4, 0.5) is 8.78 Å². The van der Waals surface area contributed by atoms with E-state index in [1.54, 1.807) is 35.6 Å². The smallest absolute Gasteiger partial charge is 0.339 e. The summed E-state index contributed by atoms with van der Waals surface area (Å²) in [4.78, 5) is 11.5. The zero-order chi connectivity index (χ0) is 13.0. The number of halogens is 3. The van der Waals surface area contributed by atoms with Crippen LogP contribution in [0.5, 0.6) is 0 Å². The van der Waals surface area contributed by atoms with Crippen molar-refractivity contribution in [3.63, 3.8) is 0 Å². The molecule has 0 bridgehead atoms. The van der Waals surface area contributed by atoms with Crippen LogP contribution in [0.15, 0.2) is 12.1 Å². The molecule has 0 heterocycles. The molecule has 0 saturated carbocycles. The molecule has 0 aliphatic rings. The molecular weight excluding hydrogens is 343 g/mol. The molecule has 90 valence electrons. The van der Waals surface area contributed by atoms with E-state index in [2.05, 4.69) is 0 Å². The van der Waals surface area contributed by atoms with Crippen molar-refractivity contribution in [1.82, 2.24) is 0 Å². The van der Waals surface area contributed by atoms with Crippen molar-refractivity contribution >= 4 is 28.6 Å². The highest BCUT2D eigenvalue weighted by Gasteiger charge is 2.20. The lowest BCUT2D eigenvalue weighted by Crippen LogP contribution is -2.09. The molecule has 0 atom stereocenters. The van der Waals surface area contributed by atoms with Gasteiger partial charge in [0, 0.05) is 9.13 Å². The molecule has 0 unspecified atom stereocenters. The number of rotatable bonds is 3. The van der Waals surface area contributed by atoms with Crippen molar-refractivity contribution in [2.24, 2.45) is 0 Å². The van der Waals surface area contributed by atoms with Crippen LogP contribution in [0.1, 0.15) is 34.8 Å². The maximum absolute atomic E-state index is 12.7. The monoisotopic (exact) mass is 351 g/mol. The Morgan fingerprint density at radius 1 is 1.59 bits per heavy atom. The molecule has 0 N–H and O–H groups in total. The van der Waals surface area contributed by atoms with Crippen molar-refractivity contribution in [3.05, 3.63) is 32.4 Å². The first kappa shape index (κ1) is 13.8. The van der Waals surface area contributed by atoms with E-state index >= 15 is 0 Å². The topological polar surface area (TPSA) is 50.1 Å². The number of esters is 1. The second-order valence-electron chi connectivity index (χ2n) is 3.06. The van der Waals surface area contributed by atoms with Gasteiger partial charge in [-0.05, 0) is 41.6 Å². The lowest BCUT2D eigenvalue weighted by molar-refractivity contribution is 0.0524. The van der Waals surface area contributed by atoms with E-state index in [0.29, 0.717) is 0 Å². The first-order chi connectivity index (χ1) is 8.01. The van der Waals surface area contributed by atoms with Gasteiger partial charge in [-0.15, -0.1) is 0 Å². The first-order valence-electron chi connectivity index (χ1n) is 4.70. The fraction of sp³-hybridized carbons (Fsp3) is 0.273. The first-order valence-corrected chi connectivity index (χ1v) is 5.78. The highest BCUT2D eigenvalue weighted by atomic mass is 127. The molecule has 1 aromatic rings. The van der Waals surface area contributed by atoms with Crippen molar-refractivity contribution < 1.29 is 18.3 Å². The molecule has 0 aromatic heterocycles. The molecule has 1 rings (SSSR count). The van der Waals surface area contributed by atoms with Gasteiger partial charge in [0.2, 0.25) is 0 Å². The molecule has 0 aliphatic carbocycles. The summed E-state index contributed by atoms with van der Waals surface area (Å²) in [6, 6.07) is 4.08. The second kappa shape index (κ2) is 5.91. The molecular formula is C11H8F2INO2. The largest absolute Gasteiger partial charge is 0.462 e. The van der Waals surface area contributed by atoms with Gasteiger partial charge in [-0.3, -0.25) is 0 Å². The van der Waals surface area contributed by atoms with Gasteiger partial charge in [-0.25, -0.2) is 13.6 Å². The fourth-order valence-electron chi connectivity index (χ4n) is 1.23. The maximum Gasteiger partial charge on any atom is 0.339 e. The van der Waals surface area contributed by atoms with E-state index in [1.165, 1.54) is 6.07 Å². The number of nitriles is 1. The highest BCUT2D eigenvalue weighted by Crippen LogP contribution is 2.28. The van der Waals surface area contributed by atoms with Crippen LogP contribution in [-0.4, -0.2) is 12.6 Å². The Morgan fingerprint density at radius 3 is 2.71 bits per heavy atom. The van der Waals surface area contributed by atoms with Crippen LogP contribution >= 0.6 is 22.6 Å². The summed E-state index contributed by atoms with van der Waals surface area (Å²) >= 11 is 1.65. The summed E-state index contributed by atoms with van der Waals surface area (Å²) in [5.41, 5.74) is -0.307. The van der Waals surface area contributed by atoms with E-state index < -0.39 is 12.4 Å². The number of hydrogen-bond donors (Lipinski definition) is 0. The third-order valence-electron chi connectivity index (χ3n) is 1.96. The van der Waals surface area contributed by atoms with Crippen LogP contribution in [0, 0.1) is 14.9 Å². The summed E-state index contributed by atoms with van der Waals surface area (Å²) in [6.07, 6.45) is -2.73. The molecule has 6 heteroatoms. The number of benzene rings is 1. The number of carbonyl (C=O) groups excluding carboxylic acids is 1. The Balaban J connectivity index is 3.35. The Bertz CT molecular complexity index is 483. The predicted molar refractivity (Wildman–Crippen MR) is 64.8 cm³/mol. The van der Waals surface area contributed by atoms with E-state index in [4.69, 9.17) is 10.00 Å². The Labute approximate surface area is 111 Å². The van der Waals surface area contributed by atoms with Crippen LogP contribution in [0.2, 0.25) is 0 Å². The highest BCUT2D eigenvalue weighted by molar-refractivity contribution is 14.1. The van der Waals surface area contributed by atoms with E-state index in [9.17, 15) is 13.6 Å². The van der Waals surface area contributed by atoms with Crippen LogP contribution in [-0.2, 0) is 4.74 Å². The van der Waals surface area contributed by atoms with Crippen LogP contribution < -0.4 is 0 Å². The molecule has 0 fully saturated rings. The van der Waals surface area contributed by atoms with Crippen LogP contribution in [0.25, 0.3) is 0 Å². The van der Waals surface area contributed by atoms with Crippen molar-refractivity contribution in [2.45, 2.75) is 13.3 Å². The SMILES string of the molecule is CCOC(=O)c1cc(C#N)cc(C(F)F)c1I. The Morgan fingerprint density at radius 2 is 2.24 bits per heavy atom. The van der Waals surface area contributed by atoms with Gasteiger partial charge in [0.25, 0.3) is 6.43 Å². The number of alkyl halides is 2. The summed E-state index contributed by atoms with van der Waals surface area (Å²) in [6.45, 7) is 1.77. The summed E-state index contributed by atoms with van der Waals surface area (Å²) in [5.74, 6) is -0.698. The summed E-state index contributed by atoms with van der Waals surface area (Å²) in [5, 5.41) is 8.72. The third-order valence-corrected chi connectivity index (χ3v) is 3.16. The molecule has 0 amide bonds. The van der Waals surface area contributed by atoms with Gasteiger partial charge in [0.1, 0.15) is 0 Å². The zero-order valence-electron chi connectivity index (χ0n) is 8.84. The minimum Gasteiger partial charge on any atom is -0.462 e. The second-order valence-corrected chi connectivity index (χ2v) is 4.14. The Hall–Kier alpha value is -1.23. The van der Waals surface area contributed by atoms with Crippen molar-refractivity contribution in [2.75, 3.05) is 6.61 Å². The molecule has 0 saturated heterocycles. The van der Waals surface area contributed by atoms with E-state index in [-0.39, 0.29) is 26.9 Å². The molecule has 0 spiro atoms. The zero-order valence-corrected chi connectivity index (χ0v) is 11.0. The number of carbonyl (C=O) groups is 1. The van der Waals surface area contributed by atoms with Gasteiger partial charge in [0.15, 0.2) is 0 Å². The maximum atomic E-state index is 12.7. The summed E-state index contributed by atoms with van der Waals surface area (Å²) < 4.78 is 30.3. The molecule has 0 aliphatic heterocycles. The minimum absolute atomic E-state index is 0.00167. The van der Waals surface area contributed by atoms with E-state index in [0.717, 1.165) is 6.07 Å². The fourth-order valence-corrected chi connectivity index (χ4v) is 1.99. The molecule has 3 nitrogen and oxygen atoms in total. The molecule has 0 radical (unpaired) electrons. The van der Waals surface area contributed by atoms with Gasteiger partial charge in [-0.2, -0.15) is 5.26 Å². The minimum atomic E-state index is -2.73. The standard InChI is InChI=1S/C11H8F2INO2/c1-2-17-11(16)8-4-6(5-15)3-7(9(8)14)10(12)13/h3-4,10H,2H2,1H3. The lowest BCUT2D eigenvalue weighted by Gasteiger charge is -2.09. The van der Waals surface area contributed by atoms with Crippen LogP contribution in [0.3, 0.4) is 0 Å². The van der Waals surface area contributed by atoms with Crippen molar-refractivity contribution in [3.8, 4) is 6.07 Å². The van der Waals surface area contributed by atoms with Gasteiger partial charge < -0.3 is 4.74 Å². The van der Waals surface area contributed by atoms with Gasteiger partial charge >= 0.3 is 5.97 Å². The normalized spacial score (nSPS) is 10.1. The number of hydrogen-bond acceptors (Lipinski definition) is 3. The third kappa shape index (κ3) is 3.12. The predicted octanol–water partition coefficient (Wildman–Crippen LogP) is 3.28. The summed E-state index contributed by atoms with van der Waals surface area (Å²) in [7, 11) is 0. The quantitative estimate of drug-likeness (QED) is 0.620.